The lowest BCUT2D eigenvalue weighted by atomic mass is 9.98. The molecule has 2 N–H and O–H groups in total. The Morgan fingerprint density at radius 2 is 2.31 bits per heavy atom. The number of methoxy groups -OCH3 is 1. The molecule has 1 aromatic carbocycles. The molecule has 0 bridgehead atoms. The summed E-state index contributed by atoms with van der Waals surface area (Å²) in [4.78, 5) is 13.9. The molecule has 4 heteroatoms. The van der Waals surface area contributed by atoms with Gasteiger partial charge in [0.05, 0.1) is 7.11 Å². The van der Waals surface area contributed by atoms with Crippen molar-refractivity contribution in [2.24, 2.45) is 5.73 Å². The molecule has 0 unspecified atom stereocenters. The summed E-state index contributed by atoms with van der Waals surface area (Å²) >= 11 is 0. The summed E-state index contributed by atoms with van der Waals surface area (Å²) in [6.07, 6.45) is 0.838. The molecule has 1 amide bonds. The maximum Gasteiger partial charge on any atom is 0.254 e. The Hall–Kier alpha value is -1.55. The normalized spacial score (nSPS) is 14.9. The molecule has 0 saturated carbocycles. The zero-order chi connectivity index (χ0) is 11.5. The first-order valence-electron chi connectivity index (χ1n) is 5.43. The van der Waals surface area contributed by atoms with Crippen LogP contribution in [0.15, 0.2) is 18.2 Å². The van der Waals surface area contributed by atoms with Crippen molar-refractivity contribution in [3.8, 4) is 5.75 Å². The standard InChI is InChI=1S/C12H16N2O2/c1-16-11-4-2-3-10-9(11)5-7-14(8-6-13)12(10)15/h2-4H,5-8,13H2,1H3. The zero-order valence-electron chi connectivity index (χ0n) is 9.40. The van der Waals surface area contributed by atoms with Gasteiger partial charge in [0.25, 0.3) is 5.91 Å². The third-order valence-corrected chi connectivity index (χ3v) is 2.90. The van der Waals surface area contributed by atoms with E-state index in [9.17, 15) is 4.79 Å². The smallest absolute Gasteiger partial charge is 0.254 e. The minimum atomic E-state index is 0.0607. The van der Waals surface area contributed by atoms with Crippen molar-refractivity contribution in [2.75, 3.05) is 26.7 Å². The monoisotopic (exact) mass is 220 g/mol. The molecule has 1 aromatic rings. The minimum absolute atomic E-state index is 0.0607. The highest BCUT2D eigenvalue weighted by Gasteiger charge is 2.25. The van der Waals surface area contributed by atoms with E-state index in [-0.39, 0.29) is 5.91 Å². The van der Waals surface area contributed by atoms with Crippen molar-refractivity contribution in [1.29, 1.82) is 0 Å². The number of carbonyl (C=O) groups excluding carboxylic acids is 1. The number of amides is 1. The number of fused-ring (bicyclic) bond motifs is 1. The molecule has 16 heavy (non-hydrogen) atoms. The first-order valence-corrected chi connectivity index (χ1v) is 5.43. The summed E-state index contributed by atoms with van der Waals surface area (Å²) in [7, 11) is 1.63. The van der Waals surface area contributed by atoms with Gasteiger partial charge in [-0.25, -0.2) is 0 Å². The maximum absolute atomic E-state index is 12.1. The zero-order valence-corrected chi connectivity index (χ0v) is 9.40. The summed E-state index contributed by atoms with van der Waals surface area (Å²) in [5, 5.41) is 0. The number of benzene rings is 1. The van der Waals surface area contributed by atoms with Crippen LogP contribution >= 0.6 is 0 Å². The summed E-state index contributed by atoms with van der Waals surface area (Å²) in [6, 6.07) is 5.59. The van der Waals surface area contributed by atoms with E-state index in [1.165, 1.54) is 0 Å². The van der Waals surface area contributed by atoms with Crippen LogP contribution in [0.2, 0.25) is 0 Å². The average molecular weight is 220 g/mol. The lowest BCUT2D eigenvalue weighted by Gasteiger charge is -2.28. The quantitative estimate of drug-likeness (QED) is 0.813. The van der Waals surface area contributed by atoms with Crippen LogP contribution in [-0.2, 0) is 6.42 Å². The van der Waals surface area contributed by atoms with E-state index in [1.54, 1.807) is 12.0 Å². The second kappa shape index (κ2) is 4.53. The van der Waals surface area contributed by atoms with Crippen molar-refractivity contribution in [3.05, 3.63) is 29.3 Å². The Morgan fingerprint density at radius 3 is 3.00 bits per heavy atom. The van der Waals surface area contributed by atoms with Gasteiger partial charge < -0.3 is 15.4 Å². The Labute approximate surface area is 95.0 Å². The van der Waals surface area contributed by atoms with Crippen LogP contribution in [0.5, 0.6) is 5.75 Å². The number of hydrogen-bond donors (Lipinski definition) is 1. The summed E-state index contributed by atoms with van der Waals surface area (Å²) in [6.45, 7) is 1.85. The van der Waals surface area contributed by atoms with Gasteiger partial charge in [0, 0.05) is 30.8 Å². The highest BCUT2D eigenvalue weighted by molar-refractivity contribution is 5.97. The van der Waals surface area contributed by atoms with E-state index >= 15 is 0 Å². The third kappa shape index (κ3) is 1.76. The first-order chi connectivity index (χ1) is 7.77. The lowest BCUT2D eigenvalue weighted by molar-refractivity contribution is 0.0743. The summed E-state index contributed by atoms with van der Waals surface area (Å²) in [5.74, 6) is 0.865. The molecule has 1 aliphatic heterocycles. The molecule has 0 aromatic heterocycles. The highest BCUT2D eigenvalue weighted by Crippen LogP contribution is 2.27. The second-order valence-corrected chi connectivity index (χ2v) is 3.82. The van der Waals surface area contributed by atoms with Crippen LogP contribution in [0.25, 0.3) is 0 Å². The van der Waals surface area contributed by atoms with Crippen LogP contribution in [0.1, 0.15) is 15.9 Å². The van der Waals surface area contributed by atoms with E-state index in [0.29, 0.717) is 13.1 Å². The van der Waals surface area contributed by atoms with Gasteiger partial charge in [-0.05, 0) is 18.6 Å². The number of nitrogens with two attached hydrogens (primary N) is 1. The number of ether oxygens (including phenoxy) is 1. The van der Waals surface area contributed by atoms with Gasteiger partial charge >= 0.3 is 0 Å². The van der Waals surface area contributed by atoms with Crippen molar-refractivity contribution in [3.63, 3.8) is 0 Å². The fourth-order valence-electron chi connectivity index (χ4n) is 2.10. The van der Waals surface area contributed by atoms with Gasteiger partial charge in [0.1, 0.15) is 5.75 Å². The summed E-state index contributed by atoms with van der Waals surface area (Å²) < 4.78 is 5.26. The molecule has 2 rings (SSSR count). The lowest BCUT2D eigenvalue weighted by Crippen LogP contribution is -2.40. The van der Waals surface area contributed by atoms with Crippen LogP contribution in [0.3, 0.4) is 0 Å². The van der Waals surface area contributed by atoms with Crippen molar-refractivity contribution < 1.29 is 9.53 Å². The molecule has 0 fully saturated rings. The topological polar surface area (TPSA) is 55.6 Å². The molecule has 0 radical (unpaired) electrons. The molecule has 0 atom stereocenters. The van der Waals surface area contributed by atoms with E-state index in [4.69, 9.17) is 10.5 Å². The predicted octanol–water partition coefficient (Wildman–Crippen LogP) is 0.652. The highest BCUT2D eigenvalue weighted by atomic mass is 16.5. The van der Waals surface area contributed by atoms with E-state index < -0.39 is 0 Å². The first kappa shape index (κ1) is 11.0. The number of carbonyl (C=O) groups is 1. The molecule has 4 nitrogen and oxygen atoms in total. The predicted molar refractivity (Wildman–Crippen MR) is 61.7 cm³/mol. The van der Waals surface area contributed by atoms with Crippen LogP contribution in [-0.4, -0.2) is 37.6 Å². The third-order valence-electron chi connectivity index (χ3n) is 2.90. The molecular formula is C12H16N2O2. The summed E-state index contributed by atoms with van der Waals surface area (Å²) in [5.41, 5.74) is 7.25. The van der Waals surface area contributed by atoms with Crippen LogP contribution in [0, 0.1) is 0 Å². The Bertz CT molecular complexity index is 404. The Kier molecular flexibility index (Phi) is 3.10. The average Bonchev–Trinajstić information content (AvgIpc) is 2.32. The van der Waals surface area contributed by atoms with E-state index in [2.05, 4.69) is 0 Å². The number of nitrogens with zero attached hydrogens (tertiary/aromatic N) is 1. The number of rotatable bonds is 3. The molecular weight excluding hydrogens is 204 g/mol. The molecule has 1 aliphatic rings. The fraction of sp³-hybridized carbons (Fsp3) is 0.417. The Balaban J connectivity index is 2.35. The molecule has 0 saturated heterocycles. The van der Waals surface area contributed by atoms with Gasteiger partial charge in [-0.3, -0.25) is 4.79 Å². The van der Waals surface area contributed by atoms with Crippen LogP contribution < -0.4 is 10.5 Å². The molecule has 0 aliphatic carbocycles. The van der Waals surface area contributed by atoms with Gasteiger partial charge in [-0.1, -0.05) is 6.07 Å². The SMILES string of the molecule is COc1cccc2c1CCN(CCN)C2=O. The number of hydrogen-bond acceptors (Lipinski definition) is 3. The van der Waals surface area contributed by atoms with Gasteiger partial charge in [-0.15, -0.1) is 0 Å². The van der Waals surface area contributed by atoms with Gasteiger partial charge in [0.15, 0.2) is 0 Å². The molecule has 1 heterocycles. The van der Waals surface area contributed by atoms with E-state index in [0.717, 1.165) is 29.8 Å². The maximum atomic E-state index is 12.1. The van der Waals surface area contributed by atoms with Crippen LogP contribution in [0.4, 0.5) is 0 Å². The minimum Gasteiger partial charge on any atom is -0.496 e. The molecule has 86 valence electrons. The molecule has 0 spiro atoms. The van der Waals surface area contributed by atoms with Crippen molar-refractivity contribution in [1.82, 2.24) is 4.90 Å². The Morgan fingerprint density at radius 1 is 1.50 bits per heavy atom. The van der Waals surface area contributed by atoms with Gasteiger partial charge in [0.2, 0.25) is 0 Å². The van der Waals surface area contributed by atoms with Crippen molar-refractivity contribution >= 4 is 5.91 Å². The van der Waals surface area contributed by atoms with Crippen molar-refractivity contribution in [2.45, 2.75) is 6.42 Å². The van der Waals surface area contributed by atoms with E-state index in [1.807, 2.05) is 18.2 Å². The largest absolute Gasteiger partial charge is 0.496 e. The van der Waals surface area contributed by atoms with Gasteiger partial charge in [-0.2, -0.15) is 0 Å². The second-order valence-electron chi connectivity index (χ2n) is 3.82. The fourth-order valence-corrected chi connectivity index (χ4v) is 2.10.